The van der Waals surface area contributed by atoms with Crippen molar-refractivity contribution in [3.63, 3.8) is 0 Å². The number of methoxy groups -OCH3 is 2. The van der Waals surface area contributed by atoms with Gasteiger partial charge in [0, 0.05) is 32.8 Å². The second-order valence-electron chi connectivity index (χ2n) is 7.48. The molecule has 0 aliphatic heterocycles. The lowest BCUT2D eigenvalue weighted by molar-refractivity contribution is 0.404. The zero-order valence-corrected chi connectivity index (χ0v) is 19.6. The molecule has 168 valence electrons. The molecule has 2 N–H and O–H groups in total. The smallest absolute Gasteiger partial charge is 0.227 e. The number of nitrogens with zero attached hydrogens (tertiary/aromatic N) is 2. The van der Waals surface area contributed by atoms with Crippen molar-refractivity contribution in [2.24, 2.45) is 0 Å². The van der Waals surface area contributed by atoms with Crippen LogP contribution < -0.4 is 14.8 Å². The first-order valence-corrected chi connectivity index (χ1v) is 12.2. The molecule has 33 heavy (non-hydrogen) atoms. The van der Waals surface area contributed by atoms with Crippen LogP contribution in [0.5, 0.6) is 11.5 Å². The average Bonchev–Trinajstić information content (AvgIpc) is 3.28. The molecule has 1 aliphatic rings. The summed E-state index contributed by atoms with van der Waals surface area (Å²) in [7, 11) is 3.32. The molecule has 0 saturated carbocycles. The Hall–Kier alpha value is -3.27. The molecule has 0 spiro atoms. The second kappa shape index (κ2) is 8.93. The van der Waals surface area contributed by atoms with E-state index in [2.05, 4.69) is 16.4 Å². The Bertz CT molecular complexity index is 1370. The lowest BCUT2D eigenvalue weighted by atomic mass is 9.96. The van der Waals surface area contributed by atoms with E-state index in [1.807, 2.05) is 30.5 Å². The zero-order valence-electron chi connectivity index (χ0n) is 18.0. The Morgan fingerprint density at radius 1 is 1.06 bits per heavy atom. The summed E-state index contributed by atoms with van der Waals surface area (Å²) < 4.78 is 31.7. The van der Waals surface area contributed by atoms with Crippen molar-refractivity contribution < 1.29 is 18.2 Å². The number of thiophene rings is 1. The molecular weight excluding hydrogens is 458 g/mol. The van der Waals surface area contributed by atoms with Crippen LogP contribution in [-0.4, -0.2) is 32.9 Å². The van der Waals surface area contributed by atoms with Crippen LogP contribution in [0.4, 0.5) is 11.6 Å². The van der Waals surface area contributed by atoms with Crippen LogP contribution in [0.25, 0.3) is 21.7 Å². The molecule has 0 amide bonds. The molecular formula is C24H21N3O4S2. The Labute approximate surface area is 197 Å². The summed E-state index contributed by atoms with van der Waals surface area (Å²) in [5, 5.41) is 3.15. The van der Waals surface area contributed by atoms with Gasteiger partial charge in [0.2, 0.25) is 5.95 Å². The Morgan fingerprint density at radius 3 is 2.73 bits per heavy atom. The lowest BCUT2D eigenvalue weighted by Gasteiger charge is -2.16. The first kappa shape index (κ1) is 21.6. The summed E-state index contributed by atoms with van der Waals surface area (Å²) in [6.45, 7) is 0. The first-order valence-electron chi connectivity index (χ1n) is 10.2. The fourth-order valence-corrected chi connectivity index (χ4v) is 5.50. The van der Waals surface area contributed by atoms with E-state index in [0.717, 1.165) is 51.6 Å². The monoisotopic (exact) mass is 479 g/mol. The average molecular weight is 480 g/mol. The number of benzene rings is 2. The highest BCUT2D eigenvalue weighted by atomic mass is 32.2. The molecule has 5 rings (SSSR count). The number of ether oxygens (including phenoxy) is 2. The predicted octanol–water partition coefficient (Wildman–Crippen LogP) is 5.31. The van der Waals surface area contributed by atoms with Crippen molar-refractivity contribution in [1.82, 2.24) is 9.97 Å². The van der Waals surface area contributed by atoms with Crippen molar-refractivity contribution in [1.29, 1.82) is 0 Å². The van der Waals surface area contributed by atoms with Gasteiger partial charge in [0.25, 0.3) is 0 Å². The molecule has 1 atom stereocenters. The van der Waals surface area contributed by atoms with E-state index >= 15 is 0 Å². The SMILES string of the molecule is COc1ccc(OC)c(-c2cc3c(s2)CCc2cnc(Nc4cccc(S(=O)O)c4)nc2-3)c1. The molecule has 1 aliphatic carbocycles. The van der Waals surface area contributed by atoms with Gasteiger partial charge in [-0.05, 0) is 60.9 Å². The van der Waals surface area contributed by atoms with Gasteiger partial charge in [-0.25, -0.2) is 14.2 Å². The van der Waals surface area contributed by atoms with Gasteiger partial charge in [-0.3, -0.25) is 0 Å². The number of hydrogen-bond acceptors (Lipinski definition) is 7. The van der Waals surface area contributed by atoms with E-state index in [4.69, 9.17) is 14.5 Å². The molecule has 4 aromatic rings. The normalized spacial score (nSPS) is 13.1. The number of hydrogen-bond donors (Lipinski definition) is 2. The number of aromatic nitrogens is 2. The van der Waals surface area contributed by atoms with Gasteiger partial charge in [-0.15, -0.1) is 11.3 Å². The standard InChI is InChI=1S/C24H21N3O4S2/c1-30-16-7-8-20(31-2)18(11-16)22-12-19-21(32-22)9-6-14-13-25-24(27-23(14)19)26-15-4-3-5-17(10-15)33(28)29/h3-5,7-8,10-13H,6,9H2,1-2H3,(H,28,29)(H,25,26,27). The molecule has 1 unspecified atom stereocenters. The van der Waals surface area contributed by atoms with Crippen LogP contribution in [0, 0.1) is 0 Å². The van der Waals surface area contributed by atoms with Crippen LogP contribution in [0.15, 0.2) is 59.6 Å². The summed E-state index contributed by atoms with van der Waals surface area (Å²) in [5.41, 5.74) is 4.73. The van der Waals surface area contributed by atoms with Gasteiger partial charge in [-0.1, -0.05) is 6.07 Å². The largest absolute Gasteiger partial charge is 0.497 e. The highest BCUT2D eigenvalue weighted by Crippen LogP contribution is 2.44. The maximum absolute atomic E-state index is 11.4. The van der Waals surface area contributed by atoms with E-state index in [9.17, 15) is 8.76 Å². The van der Waals surface area contributed by atoms with Gasteiger partial charge < -0.3 is 19.3 Å². The number of rotatable bonds is 6. The highest BCUT2D eigenvalue weighted by molar-refractivity contribution is 7.79. The lowest BCUT2D eigenvalue weighted by Crippen LogP contribution is -2.07. The van der Waals surface area contributed by atoms with Gasteiger partial charge >= 0.3 is 0 Å². The van der Waals surface area contributed by atoms with Gasteiger partial charge in [0.05, 0.1) is 24.8 Å². The summed E-state index contributed by atoms with van der Waals surface area (Å²) in [4.78, 5) is 11.9. The number of anilines is 2. The van der Waals surface area contributed by atoms with Crippen molar-refractivity contribution in [2.45, 2.75) is 17.7 Å². The predicted molar refractivity (Wildman–Crippen MR) is 130 cm³/mol. The van der Waals surface area contributed by atoms with Crippen LogP contribution in [0.1, 0.15) is 10.4 Å². The van der Waals surface area contributed by atoms with E-state index in [0.29, 0.717) is 16.5 Å². The molecule has 7 nitrogen and oxygen atoms in total. The summed E-state index contributed by atoms with van der Waals surface area (Å²) in [5.74, 6) is 2.01. The summed E-state index contributed by atoms with van der Waals surface area (Å²) in [6.07, 6.45) is 3.65. The van der Waals surface area contributed by atoms with E-state index < -0.39 is 11.1 Å². The Balaban J connectivity index is 1.52. The fourth-order valence-electron chi connectivity index (χ4n) is 3.90. The molecule has 2 aromatic carbocycles. The number of aryl methyl sites for hydroxylation is 2. The number of nitrogens with one attached hydrogen (secondary N) is 1. The third-order valence-electron chi connectivity index (χ3n) is 5.51. The van der Waals surface area contributed by atoms with Crippen molar-refractivity contribution in [2.75, 3.05) is 19.5 Å². The topological polar surface area (TPSA) is 93.6 Å². The molecule has 0 bridgehead atoms. The van der Waals surface area contributed by atoms with Crippen molar-refractivity contribution >= 4 is 34.1 Å². The third-order valence-corrected chi connectivity index (χ3v) is 7.40. The maximum atomic E-state index is 11.4. The molecule has 0 fully saturated rings. The summed E-state index contributed by atoms with van der Waals surface area (Å²) in [6, 6.07) is 14.7. The molecule has 0 radical (unpaired) electrons. The zero-order chi connectivity index (χ0) is 22.9. The molecule has 0 saturated heterocycles. The van der Waals surface area contributed by atoms with Crippen LogP contribution >= 0.6 is 11.3 Å². The van der Waals surface area contributed by atoms with E-state index in [1.54, 1.807) is 43.8 Å². The number of fused-ring (bicyclic) bond motifs is 3. The Kier molecular flexibility index (Phi) is 5.84. The van der Waals surface area contributed by atoms with E-state index in [-0.39, 0.29) is 0 Å². The fraction of sp³-hybridized carbons (Fsp3) is 0.167. The van der Waals surface area contributed by atoms with Gasteiger partial charge in [0.15, 0.2) is 11.1 Å². The van der Waals surface area contributed by atoms with Crippen molar-refractivity contribution in [3.8, 4) is 33.2 Å². The maximum Gasteiger partial charge on any atom is 0.227 e. The molecule has 2 aromatic heterocycles. The van der Waals surface area contributed by atoms with E-state index in [1.165, 1.54) is 4.88 Å². The molecule has 9 heteroatoms. The van der Waals surface area contributed by atoms with Crippen molar-refractivity contribution in [3.05, 3.63) is 65.2 Å². The third kappa shape index (κ3) is 4.22. The van der Waals surface area contributed by atoms with Crippen LogP contribution in [0.2, 0.25) is 0 Å². The minimum Gasteiger partial charge on any atom is -0.497 e. The highest BCUT2D eigenvalue weighted by Gasteiger charge is 2.23. The van der Waals surface area contributed by atoms with Crippen LogP contribution in [-0.2, 0) is 23.9 Å². The molecule has 2 heterocycles. The van der Waals surface area contributed by atoms with Crippen LogP contribution in [0.3, 0.4) is 0 Å². The van der Waals surface area contributed by atoms with Gasteiger partial charge in [0.1, 0.15) is 11.5 Å². The second-order valence-corrected chi connectivity index (χ2v) is 9.59. The minimum absolute atomic E-state index is 0.315. The van der Waals surface area contributed by atoms with Gasteiger partial charge in [-0.2, -0.15) is 0 Å². The first-order chi connectivity index (χ1) is 16.1. The summed E-state index contributed by atoms with van der Waals surface area (Å²) >= 11 is -0.311. The Morgan fingerprint density at radius 2 is 1.94 bits per heavy atom. The quantitative estimate of drug-likeness (QED) is 0.362. The minimum atomic E-state index is -2.05.